The molecule has 0 bridgehead atoms. The van der Waals surface area contributed by atoms with Crippen LogP contribution >= 0.6 is 0 Å². The SMILES string of the molecule is CC(=O)NC1(Cc2c[nH]c3ccccc23)C(=O)OC(C)(C)OC1=O. The van der Waals surface area contributed by atoms with Gasteiger partial charge < -0.3 is 19.8 Å². The predicted molar refractivity (Wildman–Crippen MR) is 84.8 cm³/mol. The number of amides is 1. The molecule has 1 fully saturated rings. The number of H-pyrrole nitrogens is 1. The number of aromatic nitrogens is 1. The predicted octanol–water partition coefficient (Wildman–Crippen LogP) is 1.42. The molecule has 2 aromatic rings. The van der Waals surface area contributed by atoms with Gasteiger partial charge in [-0.05, 0) is 11.6 Å². The highest BCUT2D eigenvalue weighted by Crippen LogP contribution is 2.31. The molecule has 0 aliphatic carbocycles. The minimum absolute atomic E-state index is 0.0651. The van der Waals surface area contributed by atoms with Crippen LogP contribution in [0.1, 0.15) is 26.3 Å². The molecular weight excluding hydrogens is 312 g/mol. The molecule has 7 heteroatoms. The lowest BCUT2D eigenvalue weighted by atomic mass is 9.89. The third-order valence-corrected chi connectivity index (χ3v) is 3.89. The smallest absolute Gasteiger partial charge is 0.347 e. The quantitative estimate of drug-likeness (QED) is 0.655. The van der Waals surface area contributed by atoms with E-state index in [0.717, 1.165) is 10.9 Å². The molecule has 0 radical (unpaired) electrons. The van der Waals surface area contributed by atoms with Gasteiger partial charge in [-0.25, -0.2) is 9.59 Å². The van der Waals surface area contributed by atoms with Crippen LogP contribution in [0.4, 0.5) is 0 Å². The molecule has 2 N–H and O–H groups in total. The molecular formula is C17H18N2O5. The number of rotatable bonds is 3. The molecule has 0 saturated carbocycles. The molecule has 24 heavy (non-hydrogen) atoms. The van der Waals surface area contributed by atoms with E-state index in [9.17, 15) is 14.4 Å². The first-order chi connectivity index (χ1) is 11.2. The average Bonchev–Trinajstić information content (AvgIpc) is 2.86. The molecule has 0 spiro atoms. The lowest BCUT2D eigenvalue weighted by Gasteiger charge is -2.40. The molecule has 1 aromatic carbocycles. The second kappa shape index (κ2) is 5.36. The van der Waals surface area contributed by atoms with Gasteiger partial charge >= 0.3 is 11.9 Å². The number of hydrogen-bond acceptors (Lipinski definition) is 5. The van der Waals surface area contributed by atoms with E-state index in [4.69, 9.17) is 9.47 Å². The Morgan fingerprint density at radius 2 is 1.79 bits per heavy atom. The summed E-state index contributed by atoms with van der Waals surface area (Å²) in [4.78, 5) is 39.9. The highest BCUT2D eigenvalue weighted by molar-refractivity contribution is 6.09. The maximum Gasteiger partial charge on any atom is 0.347 e. The van der Waals surface area contributed by atoms with Gasteiger partial charge in [-0.1, -0.05) is 18.2 Å². The zero-order valence-electron chi connectivity index (χ0n) is 13.6. The molecule has 0 unspecified atom stereocenters. The summed E-state index contributed by atoms with van der Waals surface area (Å²) >= 11 is 0. The van der Waals surface area contributed by atoms with E-state index in [1.54, 1.807) is 6.20 Å². The molecule has 2 heterocycles. The topological polar surface area (TPSA) is 97.5 Å². The Morgan fingerprint density at radius 1 is 1.17 bits per heavy atom. The van der Waals surface area contributed by atoms with Gasteiger partial charge in [0.2, 0.25) is 11.4 Å². The fourth-order valence-corrected chi connectivity index (χ4v) is 2.88. The van der Waals surface area contributed by atoms with Crippen molar-refractivity contribution >= 4 is 28.7 Å². The monoisotopic (exact) mass is 330 g/mol. The van der Waals surface area contributed by atoms with E-state index in [2.05, 4.69) is 10.3 Å². The average molecular weight is 330 g/mol. The van der Waals surface area contributed by atoms with Gasteiger partial charge in [-0.15, -0.1) is 0 Å². The van der Waals surface area contributed by atoms with Crippen molar-refractivity contribution in [2.45, 2.75) is 38.5 Å². The Balaban J connectivity index is 2.05. The number of cyclic esters (lactones) is 2. The highest BCUT2D eigenvalue weighted by Gasteiger charge is 2.57. The minimum Gasteiger partial charge on any atom is -0.421 e. The molecule has 0 atom stereocenters. The van der Waals surface area contributed by atoms with Crippen molar-refractivity contribution in [2.24, 2.45) is 0 Å². The number of aromatic amines is 1. The van der Waals surface area contributed by atoms with Crippen LogP contribution in [-0.2, 0) is 30.3 Å². The summed E-state index contributed by atoms with van der Waals surface area (Å²) in [5, 5.41) is 3.29. The number of benzene rings is 1. The summed E-state index contributed by atoms with van der Waals surface area (Å²) in [7, 11) is 0. The van der Waals surface area contributed by atoms with Crippen LogP contribution in [-0.4, -0.2) is 34.2 Å². The molecule has 1 saturated heterocycles. The van der Waals surface area contributed by atoms with Gasteiger partial charge in [0.15, 0.2) is 0 Å². The van der Waals surface area contributed by atoms with E-state index in [0.29, 0.717) is 5.56 Å². The first-order valence-electron chi connectivity index (χ1n) is 7.54. The number of esters is 2. The maximum absolute atomic E-state index is 12.6. The third kappa shape index (κ3) is 2.62. The summed E-state index contributed by atoms with van der Waals surface area (Å²) < 4.78 is 10.4. The molecule has 1 aliphatic heterocycles. The van der Waals surface area contributed by atoms with Crippen LogP contribution in [0, 0.1) is 0 Å². The van der Waals surface area contributed by atoms with Crippen molar-refractivity contribution in [1.29, 1.82) is 0 Å². The standard InChI is InChI=1S/C17H18N2O5/c1-10(20)19-17(14(21)23-16(2,3)24-15(17)22)8-11-9-18-13-7-5-4-6-12(11)13/h4-7,9,18H,8H2,1-3H3,(H,19,20). The fraction of sp³-hybridized carbons (Fsp3) is 0.353. The van der Waals surface area contributed by atoms with Crippen LogP contribution in [0.5, 0.6) is 0 Å². The summed E-state index contributed by atoms with van der Waals surface area (Å²) in [6, 6.07) is 7.47. The molecule has 126 valence electrons. The Bertz CT molecular complexity index is 816. The van der Waals surface area contributed by atoms with E-state index < -0.39 is 29.2 Å². The van der Waals surface area contributed by atoms with Crippen LogP contribution in [0.3, 0.4) is 0 Å². The number of hydrogen-bond donors (Lipinski definition) is 2. The zero-order valence-corrected chi connectivity index (χ0v) is 13.6. The maximum atomic E-state index is 12.6. The molecule has 1 aliphatic rings. The Kier molecular flexibility index (Phi) is 3.59. The van der Waals surface area contributed by atoms with Crippen LogP contribution in [0.2, 0.25) is 0 Å². The van der Waals surface area contributed by atoms with Crippen LogP contribution in [0.25, 0.3) is 10.9 Å². The highest BCUT2D eigenvalue weighted by atomic mass is 16.7. The van der Waals surface area contributed by atoms with E-state index in [-0.39, 0.29) is 6.42 Å². The molecule has 1 amide bonds. The number of nitrogens with one attached hydrogen (secondary N) is 2. The van der Waals surface area contributed by atoms with Gasteiger partial charge in [0.1, 0.15) is 0 Å². The number of ether oxygens (including phenoxy) is 2. The summed E-state index contributed by atoms with van der Waals surface area (Å²) in [6.45, 7) is 4.16. The van der Waals surface area contributed by atoms with Gasteiger partial charge in [0, 0.05) is 44.3 Å². The van der Waals surface area contributed by atoms with Gasteiger partial charge in [0.25, 0.3) is 5.79 Å². The van der Waals surface area contributed by atoms with E-state index in [1.165, 1.54) is 20.8 Å². The van der Waals surface area contributed by atoms with Gasteiger partial charge in [-0.2, -0.15) is 0 Å². The zero-order chi connectivity index (χ0) is 17.5. The van der Waals surface area contributed by atoms with Gasteiger partial charge in [-0.3, -0.25) is 4.79 Å². The third-order valence-electron chi connectivity index (χ3n) is 3.89. The Labute approximate surface area is 138 Å². The van der Waals surface area contributed by atoms with Crippen molar-refractivity contribution in [3.63, 3.8) is 0 Å². The molecule has 3 rings (SSSR count). The first kappa shape index (κ1) is 16.0. The van der Waals surface area contributed by atoms with Crippen LogP contribution < -0.4 is 5.32 Å². The van der Waals surface area contributed by atoms with Crippen molar-refractivity contribution < 1.29 is 23.9 Å². The second-order valence-electron chi connectivity index (χ2n) is 6.30. The molecule has 7 nitrogen and oxygen atoms in total. The van der Waals surface area contributed by atoms with Gasteiger partial charge in [0.05, 0.1) is 0 Å². The number of carbonyl (C=O) groups is 3. The van der Waals surface area contributed by atoms with Crippen molar-refractivity contribution in [1.82, 2.24) is 10.3 Å². The summed E-state index contributed by atoms with van der Waals surface area (Å²) in [5.74, 6) is -3.55. The lowest BCUT2D eigenvalue weighted by Crippen LogP contribution is -2.68. The Morgan fingerprint density at radius 3 is 2.42 bits per heavy atom. The largest absolute Gasteiger partial charge is 0.421 e. The van der Waals surface area contributed by atoms with E-state index >= 15 is 0 Å². The van der Waals surface area contributed by atoms with Crippen LogP contribution in [0.15, 0.2) is 30.5 Å². The minimum atomic E-state index is -1.90. The number of carbonyl (C=O) groups excluding carboxylic acids is 3. The second-order valence-corrected chi connectivity index (χ2v) is 6.30. The fourth-order valence-electron chi connectivity index (χ4n) is 2.88. The summed E-state index contributed by atoms with van der Waals surface area (Å²) in [6.07, 6.45) is 1.64. The summed E-state index contributed by atoms with van der Waals surface area (Å²) in [5.41, 5.74) is -0.330. The Hall–Kier alpha value is -2.83. The number of para-hydroxylation sites is 1. The normalized spacial score (nSPS) is 18.8. The molecule has 1 aromatic heterocycles. The van der Waals surface area contributed by atoms with Crippen molar-refractivity contribution in [2.75, 3.05) is 0 Å². The van der Waals surface area contributed by atoms with Crippen molar-refractivity contribution in [3.05, 3.63) is 36.0 Å². The van der Waals surface area contributed by atoms with E-state index in [1.807, 2.05) is 24.3 Å². The number of fused-ring (bicyclic) bond motifs is 1. The van der Waals surface area contributed by atoms with Crippen molar-refractivity contribution in [3.8, 4) is 0 Å². The lowest BCUT2D eigenvalue weighted by molar-refractivity contribution is -0.244. The first-order valence-corrected chi connectivity index (χ1v) is 7.54.